The van der Waals surface area contributed by atoms with E-state index in [1.807, 2.05) is 6.92 Å². The van der Waals surface area contributed by atoms with Gasteiger partial charge in [0.1, 0.15) is 24.0 Å². The molecule has 122 valence electrons. The third-order valence-electron chi connectivity index (χ3n) is 5.06. The fraction of sp³-hybridized carbons (Fsp3) is 0.800. The molecule has 3 aliphatic rings. The van der Waals surface area contributed by atoms with Gasteiger partial charge in [0.15, 0.2) is 12.2 Å². The van der Waals surface area contributed by atoms with Gasteiger partial charge in [0.05, 0.1) is 12.5 Å². The summed E-state index contributed by atoms with van der Waals surface area (Å²) in [4.78, 5) is 36.2. The van der Waals surface area contributed by atoms with Crippen LogP contribution < -0.4 is 0 Å². The van der Waals surface area contributed by atoms with E-state index in [1.54, 1.807) is 13.8 Å². The van der Waals surface area contributed by atoms with Crippen molar-refractivity contribution in [3.05, 3.63) is 0 Å². The Hall–Kier alpha value is -1.63. The number of carbonyl (C=O) groups excluding carboxylic acids is 3. The van der Waals surface area contributed by atoms with Gasteiger partial charge in [-0.3, -0.25) is 14.4 Å². The van der Waals surface area contributed by atoms with E-state index < -0.39 is 53.6 Å². The quantitative estimate of drug-likeness (QED) is 0.550. The second-order valence-electron chi connectivity index (χ2n) is 6.65. The molecule has 0 aromatic carbocycles. The van der Waals surface area contributed by atoms with E-state index in [0.717, 1.165) is 0 Å². The lowest BCUT2D eigenvalue weighted by Gasteiger charge is -2.30. The maximum absolute atomic E-state index is 12.3. The van der Waals surface area contributed by atoms with Crippen molar-refractivity contribution in [3.8, 4) is 0 Å². The van der Waals surface area contributed by atoms with Crippen molar-refractivity contribution < 1.29 is 33.3 Å². The fourth-order valence-electron chi connectivity index (χ4n) is 3.30. The molecule has 6 atom stereocenters. The van der Waals surface area contributed by atoms with Crippen LogP contribution in [0.15, 0.2) is 0 Å². The van der Waals surface area contributed by atoms with Gasteiger partial charge in [-0.25, -0.2) is 0 Å². The zero-order chi connectivity index (χ0) is 16.2. The molecule has 0 aromatic heterocycles. The average Bonchev–Trinajstić information content (AvgIpc) is 3.09. The van der Waals surface area contributed by atoms with Gasteiger partial charge in [-0.2, -0.15) is 0 Å². The van der Waals surface area contributed by atoms with Gasteiger partial charge in [0.2, 0.25) is 0 Å². The average molecular weight is 312 g/mol. The lowest BCUT2D eigenvalue weighted by atomic mass is 9.78. The molecule has 3 fully saturated rings. The van der Waals surface area contributed by atoms with E-state index in [4.69, 9.17) is 18.9 Å². The van der Waals surface area contributed by atoms with Crippen molar-refractivity contribution in [2.45, 2.75) is 51.6 Å². The summed E-state index contributed by atoms with van der Waals surface area (Å²) in [6.45, 7) is 5.46. The van der Waals surface area contributed by atoms with Gasteiger partial charge < -0.3 is 18.9 Å². The first-order valence-corrected chi connectivity index (χ1v) is 7.46. The molecule has 3 rings (SSSR count). The molecule has 0 N–H and O–H groups in total. The molecule has 0 aromatic rings. The van der Waals surface area contributed by atoms with Crippen molar-refractivity contribution in [2.24, 2.45) is 17.3 Å². The van der Waals surface area contributed by atoms with Crippen LogP contribution in [-0.4, -0.2) is 49.4 Å². The molecule has 6 unspecified atom stereocenters. The highest BCUT2D eigenvalue weighted by molar-refractivity contribution is 5.87. The number of esters is 3. The van der Waals surface area contributed by atoms with Crippen LogP contribution in [0.1, 0.15) is 27.2 Å². The Kier molecular flexibility index (Phi) is 3.43. The maximum Gasteiger partial charge on any atom is 0.313 e. The zero-order valence-corrected chi connectivity index (χ0v) is 13.0. The Labute approximate surface area is 128 Å². The largest absolute Gasteiger partial charge is 0.469 e. The minimum absolute atomic E-state index is 0.390. The summed E-state index contributed by atoms with van der Waals surface area (Å²) in [5.41, 5.74) is -0.648. The summed E-state index contributed by atoms with van der Waals surface area (Å²) >= 11 is 0. The van der Waals surface area contributed by atoms with Crippen molar-refractivity contribution in [1.29, 1.82) is 0 Å². The third kappa shape index (κ3) is 1.95. The van der Waals surface area contributed by atoms with Gasteiger partial charge in [0.25, 0.3) is 0 Å². The van der Waals surface area contributed by atoms with E-state index in [-0.39, 0.29) is 5.97 Å². The first-order valence-electron chi connectivity index (χ1n) is 7.46. The molecule has 0 spiro atoms. The Bertz CT molecular complexity index is 526. The van der Waals surface area contributed by atoms with Crippen LogP contribution in [-0.2, 0) is 33.3 Å². The third-order valence-corrected chi connectivity index (χ3v) is 5.06. The first-order chi connectivity index (χ1) is 10.3. The van der Waals surface area contributed by atoms with E-state index in [1.165, 1.54) is 7.11 Å². The van der Waals surface area contributed by atoms with Gasteiger partial charge >= 0.3 is 17.9 Å². The highest BCUT2D eigenvalue weighted by Crippen LogP contribution is 2.51. The van der Waals surface area contributed by atoms with Crippen LogP contribution in [0.3, 0.4) is 0 Å². The smallest absolute Gasteiger partial charge is 0.313 e. The van der Waals surface area contributed by atoms with Crippen molar-refractivity contribution in [3.63, 3.8) is 0 Å². The van der Waals surface area contributed by atoms with Crippen LogP contribution >= 0.6 is 0 Å². The van der Waals surface area contributed by atoms with E-state index in [0.29, 0.717) is 6.42 Å². The Balaban J connectivity index is 1.84. The summed E-state index contributed by atoms with van der Waals surface area (Å²) in [5.74, 6) is -2.84. The summed E-state index contributed by atoms with van der Waals surface area (Å²) in [6, 6.07) is 0. The standard InChI is InChI=1S/C15H20O7/c1-5-15(2,3)14(18)22-11-8-6(12(16)19-4)7-9(20-8)10(11)21-13(7)17/h6-11H,5H2,1-4H3. The van der Waals surface area contributed by atoms with Crippen molar-refractivity contribution in [1.82, 2.24) is 0 Å². The minimum atomic E-state index is -0.774. The Morgan fingerprint density at radius 3 is 2.50 bits per heavy atom. The molecule has 2 bridgehead atoms. The summed E-state index contributed by atoms with van der Waals surface area (Å²) < 4.78 is 21.3. The Morgan fingerprint density at radius 1 is 1.23 bits per heavy atom. The minimum Gasteiger partial charge on any atom is -0.469 e. The molecule has 7 nitrogen and oxygen atoms in total. The normalized spacial score (nSPS) is 38.8. The zero-order valence-electron chi connectivity index (χ0n) is 13.0. The number of hydrogen-bond acceptors (Lipinski definition) is 7. The second kappa shape index (κ2) is 4.94. The van der Waals surface area contributed by atoms with E-state index >= 15 is 0 Å². The topological polar surface area (TPSA) is 88.1 Å². The van der Waals surface area contributed by atoms with Gasteiger partial charge in [-0.05, 0) is 20.3 Å². The lowest BCUT2D eigenvalue weighted by molar-refractivity contribution is -0.171. The molecule has 3 heterocycles. The number of rotatable bonds is 4. The maximum atomic E-state index is 12.3. The van der Waals surface area contributed by atoms with Crippen LogP contribution in [0.25, 0.3) is 0 Å². The van der Waals surface area contributed by atoms with Crippen molar-refractivity contribution in [2.75, 3.05) is 7.11 Å². The molecule has 0 amide bonds. The fourth-order valence-corrected chi connectivity index (χ4v) is 3.30. The SMILES string of the molecule is CCC(C)(C)C(=O)OC1C2OC(=O)C3C2OC1C3C(=O)OC. The monoisotopic (exact) mass is 312 g/mol. The van der Waals surface area contributed by atoms with Crippen molar-refractivity contribution >= 4 is 17.9 Å². The highest BCUT2D eigenvalue weighted by Gasteiger charge is 2.72. The van der Waals surface area contributed by atoms with E-state index in [9.17, 15) is 14.4 Å². The molecular weight excluding hydrogens is 292 g/mol. The summed E-state index contributed by atoms with van der Waals surface area (Å²) in [6.07, 6.45) is -1.99. The van der Waals surface area contributed by atoms with E-state index in [2.05, 4.69) is 0 Å². The highest BCUT2D eigenvalue weighted by atomic mass is 16.7. The molecule has 22 heavy (non-hydrogen) atoms. The molecule has 3 aliphatic heterocycles. The Morgan fingerprint density at radius 2 is 1.91 bits per heavy atom. The number of hydrogen-bond donors (Lipinski definition) is 0. The first kappa shape index (κ1) is 15.3. The molecule has 7 heteroatoms. The predicted octanol–water partition coefficient (Wildman–Crippen LogP) is 0.446. The lowest BCUT2D eigenvalue weighted by Crippen LogP contribution is -2.49. The number of ether oxygens (including phenoxy) is 4. The van der Waals surface area contributed by atoms with Crippen LogP contribution in [0, 0.1) is 17.3 Å². The molecule has 0 saturated carbocycles. The molecule has 0 radical (unpaired) electrons. The summed E-state index contributed by atoms with van der Waals surface area (Å²) in [7, 11) is 1.26. The number of carbonyl (C=O) groups is 3. The number of methoxy groups -OCH3 is 1. The van der Waals surface area contributed by atoms with Crippen LogP contribution in [0.2, 0.25) is 0 Å². The summed E-state index contributed by atoms with van der Waals surface area (Å²) in [5, 5.41) is 0. The van der Waals surface area contributed by atoms with Crippen LogP contribution in [0.4, 0.5) is 0 Å². The van der Waals surface area contributed by atoms with Gasteiger partial charge in [-0.15, -0.1) is 0 Å². The van der Waals surface area contributed by atoms with Gasteiger partial charge in [-0.1, -0.05) is 6.92 Å². The molecule has 3 saturated heterocycles. The molecular formula is C15H20O7. The second-order valence-corrected chi connectivity index (χ2v) is 6.65. The molecule has 0 aliphatic carbocycles. The van der Waals surface area contributed by atoms with Crippen LogP contribution in [0.5, 0.6) is 0 Å². The number of fused-ring (bicyclic) bond motifs is 1. The van der Waals surface area contributed by atoms with Gasteiger partial charge in [0, 0.05) is 0 Å². The predicted molar refractivity (Wildman–Crippen MR) is 71.5 cm³/mol.